The first-order valence-electron chi connectivity index (χ1n) is 10.3. The number of hydrogen-bond donors (Lipinski definition) is 2. The maximum atomic E-state index is 6.58. The number of guanidine groups is 1. The van der Waals surface area contributed by atoms with Crippen molar-refractivity contribution in [3.05, 3.63) is 58.1 Å². The molecule has 6 nitrogen and oxygen atoms in total. The molecule has 7 heteroatoms. The van der Waals surface area contributed by atoms with E-state index < -0.39 is 0 Å². The smallest absolute Gasteiger partial charge is 0.191 e. The van der Waals surface area contributed by atoms with Crippen LogP contribution in [0.15, 0.2) is 41.4 Å². The van der Waals surface area contributed by atoms with Crippen LogP contribution in [-0.2, 0) is 13.1 Å². The SMILES string of the molecule is CN=C(NCc1ccc(C)cc1OC)NCc1c(Cl)cccc1N1CCN(C)CC1. The van der Waals surface area contributed by atoms with Crippen molar-refractivity contribution in [2.24, 2.45) is 4.99 Å². The molecule has 0 atom stereocenters. The lowest BCUT2D eigenvalue weighted by molar-refractivity contribution is 0.312. The average Bonchev–Trinajstić information content (AvgIpc) is 2.75. The fourth-order valence-electron chi connectivity index (χ4n) is 3.64. The summed E-state index contributed by atoms with van der Waals surface area (Å²) in [5.41, 5.74) is 4.55. The van der Waals surface area contributed by atoms with Crippen molar-refractivity contribution in [3.8, 4) is 5.75 Å². The molecule has 0 bridgehead atoms. The zero-order valence-electron chi connectivity index (χ0n) is 18.3. The molecule has 0 saturated carbocycles. The highest BCUT2D eigenvalue weighted by Gasteiger charge is 2.18. The van der Waals surface area contributed by atoms with Gasteiger partial charge in [-0.25, -0.2) is 0 Å². The minimum atomic E-state index is 0.603. The molecule has 162 valence electrons. The van der Waals surface area contributed by atoms with Gasteiger partial charge >= 0.3 is 0 Å². The number of halogens is 1. The van der Waals surface area contributed by atoms with Crippen LogP contribution in [0.1, 0.15) is 16.7 Å². The maximum absolute atomic E-state index is 6.58. The van der Waals surface area contributed by atoms with E-state index in [-0.39, 0.29) is 0 Å². The van der Waals surface area contributed by atoms with Crippen molar-refractivity contribution in [1.29, 1.82) is 0 Å². The molecule has 0 radical (unpaired) electrons. The molecule has 0 unspecified atom stereocenters. The molecular formula is C23H32ClN5O. The average molecular weight is 430 g/mol. The monoisotopic (exact) mass is 429 g/mol. The standard InChI is InChI=1S/C23H32ClN5O/c1-17-8-9-18(22(14-17)30-4)15-26-23(25-2)27-16-19-20(24)6-5-7-21(19)29-12-10-28(3)11-13-29/h5-9,14H,10-13,15-16H2,1-4H3,(H2,25,26,27). The minimum Gasteiger partial charge on any atom is -0.496 e. The summed E-state index contributed by atoms with van der Waals surface area (Å²) in [6.07, 6.45) is 0. The number of aryl methyl sites for hydroxylation is 1. The van der Waals surface area contributed by atoms with Gasteiger partial charge in [0, 0.05) is 68.2 Å². The molecular weight excluding hydrogens is 398 g/mol. The van der Waals surface area contributed by atoms with Crippen LogP contribution in [0, 0.1) is 6.92 Å². The van der Waals surface area contributed by atoms with Gasteiger partial charge in [-0.2, -0.15) is 0 Å². The third-order valence-electron chi connectivity index (χ3n) is 5.48. The van der Waals surface area contributed by atoms with Gasteiger partial charge in [-0.1, -0.05) is 29.8 Å². The van der Waals surface area contributed by atoms with E-state index in [2.05, 4.69) is 57.6 Å². The van der Waals surface area contributed by atoms with Crippen LogP contribution >= 0.6 is 11.6 Å². The number of likely N-dealkylation sites (N-methyl/N-ethyl adjacent to an activating group) is 1. The molecule has 1 aliphatic heterocycles. The number of ether oxygens (including phenoxy) is 1. The number of rotatable bonds is 6. The Kier molecular flexibility index (Phi) is 7.82. The summed E-state index contributed by atoms with van der Waals surface area (Å²) >= 11 is 6.58. The van der Waals surface area contributed by atoms with Crippen molar-refractivity contribution in [2.45, 2.75) is 20.0 Å². The highest BCUT2D eigenvalue weighted by Crippen LogP contribution is 2.28. The first kappa shape index (κ1) is 22.2. The molecule has 30 heavy (non-hydrogen) atoms. The van der Waals surface area contributed by atoms with Gasteiger partial charge in [0.05, 0.1) is 7.11 Å². The summed E-state index contributed by atoms with van der Waals surface area (Å²) in [4.78, 5) is 9.13. The molecule has 0 spiro atoms. The first-order chi connectivity index (χ1) is 14.5. The second kappa shape index (κ2) is 10.5. The van der Waals surface area contributed by atoms with E-state index in [0.717, 1.165) is 54.0 Å². The second-order valence-electron chi connectivity index (χ2n) is 7.62. The molecule has 0 aromatic heterocycles. The second-order valence-corrected chi connectivity index (χ2v) is 8.03. The van der Waals surface area contributed by atoms with Gasteiger partial charge in [-0.15, -0.1) is 0 Å². The molecule has 2 N–H and O–H groups in total. The van der Waals surface area contributed by atoms with Gasteiger partial charge in [0.1, 0.15) is 5.75 Å². The molecule has 1 aliphatic rings. The third-order valence-corrected chi connectivity index (χ3v) is 5.84. The number of nitrogens with one attached hydrogen (secondary N) is 2. The fraction of sp³-hybridized carbons (Fsp3) is 0.435. The Morgan fingerprint density at radius 1 is 1.10 bits per heavy atom. The Morgan fingerprint density at radius 3 is 2.53 bits per heavy atom. The number of aliphatic imine (C=N–C) groups is 1. The summed E-state index contributed by atoms with van der Waals surface area (Å²) in [7, 11) is 5.63. The molecule has 0 amide bonds. The molecule has 1 heterocycles. The van der Waals surface area contributed by atoms with Crippen LogP contribution in [0.25, 0.3) is 0 Å². The topological polar surface area (TPSA) is 52.1 Å². The third kappa shape index (κ3) is 5.58. The highest BCUT2D eigenvalue weighted by molar-refractivity contribution is 6.31. The zero-order chi connectivity index (χ0) is 21.5. The van der Waals surface area contributed by atoms with Crippen molar-refractivity contribution in [3.63, 3.8) is 0 Å². The number of nitrogens with zero attached hydrogens (tertiary/aromatic N) is 3. The van der Waals surface area contributed by atoms with Crippen molar-refractivity contribution in [1.82, 2.24) is 15.5 Å². The van der Waals surface area contributed by atoms with Crippen LogP contribution in [0.2, 0.25) is 5.02 Å². The Bertz CT molecular complexity index is 878. The fourth-order valence-corrected chi connectivity index (χ4v) is 3.87. The van der Waals surface area contributed by atoms with Crippen molar-refractivity contribution < 1.29 is 4.74 Å². The van der Waals surface area contributed by atoms with E-state index in [1.807, 2.05) is 18.2 Å². The molecule has 0 aliphatic carbocycles. The predicted molar refractivity (Wildman–Crippen MR) is 126 cm³/mol. The molecule has 2 aromatic rings. The Morgan fingerprint density at radius 2 is 1.83 bits per heavy atom. The van der Waals surface area contributed by atoms with Gasteiger partial charge < -0.3 is 25.2 Å². The Balaban J connectivity index is 1.65. The minimum absolute atomic E-state index is 0.603. The largest absolute Gasteiger partial charge is 0.496 e. The van der Waals surface area contributed by atoms with Crippen molar-refractivity contribution >= 4 is 23.2 Å². The van der Waals surface area contributed by atoms with Crippen LogP contribution in [0.4, 0.5) is 5.69 Å². The summed E-state index contributed by atoms with van der Waals surface area (Å²) in [6.45, 7) is 7.40. The quantitative estimate of drug-likeness (QED) is 0.545. The van der Waals surface area contributed by atoms with Crippen LogP contribution in [0.3, 0.4) is 0 Å². The van der Waals surface area contributed by atoms with Gasteiger partial charge in [0.15, 0.2) is 5.96 Å². The van der Waals surface area contributed by atoms with Gasteiger partial charge in [0.2, 0.25) is 0 Å². The molecule has 1 saturated heterocycles. The first-order valence-corrected chi connectivity index (χ1v) is 10.7. The Hall–Kier alpha value is -2.44. The van der Waals surface area contributed by atoms with E-state index >= 15 is 0 Å². The van der Waals surface area contributed by atoms with E-state index in [4.69, 9.17) is 16.3 Å². The summed E-state index contributed by atoms with van der Waals surface area (Å²) < 4.78 is 5.50. The number of benzene rings is 2. The van der Waals surface area contributed by atoms with E-state index in [0.29, 0.717) is 13.1 Å². The molecule has 2 aromatic carbocycles. The van der Waals surface area contributed by atoms with Crippen molar-refractivity contribution in [2.75, 3.05) is 52.3 Å². The number of anilines is 1. The number of piperazine rings is 1. The van der Waals surface area contributed by atoms with Crippen LogP contribution < -0.4 is 20.3 Å². The van der Waals surface area contributed by atoms with Crippen LogP contribution in [-0.4, -0.2) is 58.2 Å². The highest BCUT2D eigenvalue weighted by atomic mass is 35.5. The number of hydrogen-bond acceptors (Lipinski definition) is 4. The normalized spacial score (nSPS) is 15.2. The molecule has 1 fully saturated rings. The van der Waals surface area contributed by atoms with E-state index in [1.165, 1.54) is 11.3 Å². The Labute approximate surface area is 184 Å². The van der Waals surface area contributed by atoms with Gasteiger partial charge in [-0.3, -0.25) is 4.99 Å². The summed E-state index contributed by atoms with van der Waals surface area (Å²) in [6, 6.07) is 12.3. The van der Waals surface area contributed by atoms with Crippen LogP contribution in [0.5, 0.6) is 5.75 Å². The lowest BCUT2D eigenvalue weighted by Gasteiger charge is -2.35. The maximum Gasteiger partial charge on any atom is 0.191 e. The summed E-state index contributed by atoms with van der Waals surface area (Å²) in [5, 5.41) is 7.55. The summed E-state index contributed by atoms with van der Waals surface area (Å²) in [5.74, 6) is 1.60. The zero-order valence-corrected chi connectivity index (χ0v) is 19.1. The van der Waals surface area contributed by atoms with Gasteiger partial charge in [0.25, 0.3) is 0 Å². The lowest BCUT2D eigenvalue weighted by Crippen LogP contribution is -2.45. The molecule has 3 rings (SSSR count). The number of methoxy groups -OCH3 is 1. The predicted octanol–water partition coefficient (Wildman–Crippen LogP) is 3.27. The van der Waals surface area contributed by atoms with Gasteiger partial charge in [-0.05, 0) is 37.7 Å². The van der Waals surface area contributed by atoms with E-state index in [9.17, 15) is 0 Å². The lowest BCUT2D eigenvalue weighted by atomic mass is 10.1. The van der Waals surface area contributed by atoms with E-state index in [1.54, 1.807) is 14.2 Å².